The molecular formula is C51H98O6. The zero-order valence-electron chi connectivity index (χ0n) is 39.0. The first kappa shape index (κ1) is 55.4. The van der Waals surface area contributed by atoms with E-state index in [1.54, 1.807) is 0 Å². The summed E-state index contributed by atoms with van der Waals surface area (Å²) in [6, 6.07) is 0. The first-order valence-corrected chi connectivity index (χ1v) is 25.3. The summed E-state index contributed by atoms with van der Waals surface area (Å²) >= 11 is 0. The normalized spacial score (nSPS) is 12.5. The van der Waals surface area contributed by atoms with E-state index in [0.29, 0.717) is 19.3 Å². The van der Waals surface area contributed by atoms with Crippen molar-refractivity contribution in [2.75, 3.05) is 13.2 Å². The molecule has 338 valence electrons. The molecule has 6 heteroatoms. The van der Waals surface area contributed by atoms with E-state index in [0.717, 1.165) is 76.0 Å². The quantitative estimate of drug-likeness (QED) is 0.0346. The smallest absolute Gasteiger partial charge is 0.306 e. The van der Waals surface area contributed by atoms with Crippen LogP contribution >= 0.6 is 0 Å². The second-order valence-corrected chi connectivity index (χ2v) is 18.2. The molecule has 0 saturated carbocycles. The molecule has 0 aliphatic heterocycles. The average molecular weight is 807 g/mol. The predicted molar refractivity (Wildman–Crippen MR) is 243 cm³/mol. The molecule has 0 radical (unpaired) electrons. The molecule has 2 atom stereocenters. The fourth-order valence-electron chi connectivity index (χ4n) is 7.60. The number of unbranched alkanes of at least 4 members (excludes halogenated alkanes) is 29. The fourth-order valence-corrected chi connectivity index (χ4v) is 7.60. The van der Waals surface area contributed by atoms with Crippen molar-refractivity contribution in [2.45, 2.75) is 285 Å². The molecule has 0 bridgehead atoms. The molecule has 57 heavy (non-hydrogen) atoms. The Hall–Kier alpha value is -1.59. The molecule has 0 aromatic carbocycles. The first-order valence-electron chi connectivity index (χ1n) is 25.3. The molecule has 6 nitrogen and oxygen atoms in total. The van der Waals surface area contributed by atoms with Gasteiger partial charge >= 0.3 is 17.9 Å². The van der Waals surface area contributed by atoms with Crippen molar-refractivity contribution in [3.05, 3.63) is 0 Å². The third-order valence-corrected chi connectivity index (χ3v) is 11.8. The molecule has 0 spiro atoms. The Morgan fingerprint density at radius 1 is 0.368 bits per heavy atom. The van der Waals surface area contributed by atoms with E-state index >= 15 is 0 Å². The van der Waals surface area contributed by atoms with E-state index in [9.17, 15) is 14.4 Å². The van der Waals surface area contributed by atoms with Crippen LogP contribution < -0.4 is 0 Å². The molecule has 0 fully saturated rings. The van der Waals surface area contributed by atoms with Crippen LogP contribution in [-0.2, 0) is 28.6 Å². The maximum Gasteiger partial charge on any atom is 0.306 e. The van der Waals surface area contributed by atoms with Gasteiger partial charge in [0, 0.05) is 19.3 Å². The van der Waals surface area contributed by atoms with Crippen LogP contribution in [0, 0.1) is 11.8 Å². The van der Waals surface area contributed by atoms with Crippen molar-refractivity contribution in [2.24, 2.45) is 11.8 Å². The van der Waals surface area contributed by atoms with Crippen LogP contribution in [0.25, 0.3) is 0 Å². The number of ether oxygens (including phenoxy) is 3. The van der Waals surface area contributed by atoms with Crippen molar-refractivity contribution in [1.29, 1.82) is 0 Å². The van der Waals surface area contributed by atoms with Crippen molar-refractivity contribution in [3.8, 4) is 0 Å². The lowest BCUT2D eigenvalue weighted by Crippen LogP contribution is -2.30. The summed E-state index contributed by atoms with van der Waals surface area (Å²) in [6.45, 7) is 11.3. The highest BCUT2D eigenvalue weighted by molar-refractivity contribution is 5.71. The molecule has 0 aromatic heterocycles. The average Bonchev–Trinajstić information content (AvgIpc) is 3.19. The summed E-state index contributed by atoms with van der Waals surface area (Å²) in [7, 11) is 0. The van der Waals surface area contributed by atoms with Gasteiger partial charge in [0.25, 0.3) is 0 Å². The molecule has 0 aromatic rings. The molecular weight excluding hydrogens is 709 g/mol. The monoisotopic (exact) mass is 807 g/mol. The van der Waals surface area contributed by atoms with E-state index in [2.05, 4.69) is 34.6 Å². The van der Waals surface area contributed by atoms with Gasteiger partial charge in [-0.3, -0.25) is 14.4 Å². The third kappa shape index (κ3) is 43.8. The van der Waals surface area contributed by atoms with Gasteiger partial charge < -0.3 is 14.2 Å². The summed E-state index contributed by atoms with van der Waals surface area (Å²) in [5.74, 6) is 0.870. The summed E-state index contributed by atoms with van der Waals surface area (Å²) in [5, 5.41) is 0. The highest BCUT2D eigenvalue weighted by Crippen LogP contribution is 2.18. The fraction of sp³-hybridized carbons (Fsp3) is 0.941. The van der Waals surface area contributed by atoms with Crippen molar-refractivity contribution >= 4 is 17.9 Å². The van der Waals surface area contributed by atoms with Gasteiger partial charge in [0.05, 0.1) is 0 Å². The lowest BCUT2D eigenvalue weighted by atomic mass is 9.99. The van der Waals surface area contributed by atoms with E-state index in [1.807, 2.05) is 0 Å². The molecule has 0 heterocycles. The van der Waals surface area contributed by atoms with Gasteiger partial charge in [-0.2, -0.15) is 0 Å². The summed E-state index contributed by atoms with van der Waals surface area (Å²) < 4.78 is 16.7. The Labute approximate surface area is 355 Å². The number of rotatable bonds is 45. The highest BCUT2D eigenvalue weighted by atomic mass is 16.6. The minimum atomic E-state index is -0.759. The summed E-state index contributed by atoms with van der Waals surface area (Å²) in [5.41, 5.74) is 0. The largest absolute Gasteiger partial charge is 0.462 e. The lowest BCUT2D eigenvalue weighted by Gasteiger charge is -2.18. The van der Waals surface area contributed by atoms with Gasteiger partial charge in [-0.05, 0) is 31.1 Å². The lowest BCUT2D eigenvalue weighted by molar-refractivity contribution is -0.167. The predicted octanol–water partition coefficient (Wildman–Crippen LogP) is 16.1. The number of carbonyl (C=O) groups is 3. The maximum absolute atomic E-state index is 12.7. The summed E-state index contributed by atoms with van der Waals surface area (Å²) in [4.78, 5) is 37.6. The van der Waals surface area contributed by atoms with Crippen molar-refractivity contribution < 1.29 is 28.6 Å². The van der Waals surface area contributed by atoms with Crippen LogP contribution in [0.4, 0.5) is 0 Å². The van der Waals surface area contributed by atoms with Crippen LogP contribution in [0.15, 0.2) is 0 Å². The SMILES string of the molecule is CCCCCCCC(=O)OC[C@H](COC(=O)CCCCCCCCCCCCCCCCC(C)CC)OC(=O)CCCCCCCCCCCCCCCC(C)C. The number of hydrogen-bond donors (Lipinski definition) is 0. The van der Waals surface area contributed by atoms with Crippen LogP contribution in [-0.4, -0.2) is 37.2 Å². The van der Waals surface area contributed by atoms with Crippen LogP contribution in [0.3, 0.4) is 0 Å². The van der Waals surface area contributed by atoms with Gasteiger partial charge in [0.15, 0.2) is 6.10 Å². The van der Waals surface area contributed by atoms with Crippen LogP contribution in [0.5, 0.6) is 0 Å². The molecule has 0 N–H and O–H groups in total. The zero-order chi connectivity index (χ0) is 41.9. The molecule has 0 rings (SSSR count). The molecule has 0 amide bonds. The van der Waals surface area contributed by atoms with E-state index in [4.69, 9.17) is 14.2 Å². The van der Waals surface area contributed by atoms with Gasteiger partial charge in [-0.1, -0.05) is 240 Å². The van der Waals surface area contributed by atoms with Gasteiger partial charge in [0.1, 0.15) is 13.2 Å². The van der Waals surface area contributed by atoms with Crippen LogP contribution in [0.2, 0.25) is 0 Å². The topological polar surface area (TPSA) is 78.9 Å². The molecule has 1 unspecified atom stereocenters. The van der Waals surface area contributed by atoms with E-state index in [-0.39, 0.29) is 31.1 Å². The summed E-state index contributed by atoms with van der Waals surface area (Å²) in [6.07, 6.45) is 44.0. The Morgan fingerprint density at radius 3 is 1.00 bits per heavy atom. The standard InChI is InChI=1S/C51H98O6/c1-6-8-9-29-36-41-49(52)55-44-48(57-51(54)43-38-33-28-24-20-16-12-13-17-21-25-30-34-39-46(3)4)45-56-50(53)42-37-32-27-23-19-15-11-10-14-18-22-26-31-35-40-47(5)7-2/h46-48H,6-45H2,1-5H3/t47?,48-/m1/s1. The minimum Gasteiger partial charge on any atom is -0.462 e. The Kier molecular flexibility index (Phi) is 42.7. The maximum atomic E-state index is 12.7. The van der Waals surface area contributed by atoms with Crippen LogP contribution in [0.1, 0.15) is 279 Å². The van der Waals surface area contributed by atoms with Crippen molar-refractivity contribution in [3.63, 3.8) is 0 Å². The number of hydrogen-bond acceptors (Lipinski definition) is 6. The second-order valence-electron chi connectivity index (χ2n) is 18.2. The minimum absolute atomic E-state index is 0.0648. The van der Waals surface area contributed by atoms with Gasteiger partial charge in [-0.25, -0.2) is 0 Å². The second kappa shape index (κ2) is 44.0. The Bertz CT molecular complexity index is 872. The van der Waals surface area contributed by atoms with Gasteiger partial charge in [-0.15, -0.1) is 0 Å². The van der Waals surface area contributed by atoms with Crippen molar-refractivity contribution in [1.82, 2.24) is 0 Å². The molecule has 0 aliphatic rings. The first-order chi connectivity index (χ1) is 27.8. The molecule has 0 saturated heterocycles. The number of esters is 3. The Balaban J connectivity index is 4.12. The van der Waals surface area contributed by atoms with E-state index < -0.39 is 6.10 Å². The molecule has 0 aliphatic carbocycles. The highest BCUT2D eigenvalue weighted by Gasteiger charge is 2.19. The van der Waals surface area contributed by atoms with E-state index in [1.165, 1.54) is 161 Å². The number of carbonyl (C=O) groups excluding carboxylic acids is 3. The Morgan fingerprint density at radius 2 is 0.667 bits per heavy atom. The van der Waals surface area contributed by atoms with Gasteiger partial charge in [0.2, 0.25) is 0 Å². The third-order valence-electron chi connectivity index (χ3n) is 11.8. The zero-order valence-corrected chi connectivity index (χ0v) is 39.0.